The predicted octanol–water partition coefficient (Wildman–Crippen LogP) is 3.43. The predicted molar refractivity (Wildman–Crippen MR) is 72.2 cm³/mol. The van der Waals surface area contributed by atoms with E-state index in [2.05, 4.69) is 16.3 Å². The summed E-state index contributed by atoms with van der Waals surface area (Å²) in [6.07, 6.45) is 4.99. The van der Waals surface area contributed by atoms with Crippen molar-refractivity contribution in [3.05, 3.63) is 41.6 Å². The minimum absolute atomic E-state index is 0.135. The molecule has 1 aromatic heterocycles. The van der Waals surface area contributed by atoms with Gasteiger partial charge in [-0.05, 0) is 30.4 Å². The molecule has 0 amide bonds. The van der Waals surface area contributed by atoms with Gasteiger partial charge in [-0.25, -0.2) is 4.79 Å². The van der Waals surface area contributed by atoms with Crippen molar-refractivity contribution >= 4 is 5.97 Å². The van der Waals surface area contributed by atoms with E-state index in [1.165, 1.54) is 31.2 Å². The SMILES string of the molecule is O=C(O)c1cc(-c2ccccc2C2CCCC2)n[nH]1. The molecule has 4 heteroatoms. The van der Waals surface area contributed by atoms with Gasteiger partial charge in [0, 0.05) is 5.56 Å². The summed E-state index contributed by atoms with van der Waals surface area (Å²) in [5.41, 5.74) is 3.21. The van der Waals surface area contributed by atoms with Crippen LogP contribution in [0.15, 0.2) is 30.3 Å². The zero-order valence-corrected chi connectivity index (χ0v) is 10.6. The van der Waals surface area contributed by atoms with Gasteiger partial charge in [0.25, 0.3) is 0 Å². The van der Waals surface area contributed by atoms with Crippen LogP contribution in [0.25, 0.3) is 11.3 Å². The van der Waals surface area contributed by atoms with Gasteiger partial charge < -0.3 is 5.11 Å². The number of H-pyrrole nitrogens is 1. The highest BCUT2D eigenvalue weighted by atomic mass is 16.4. The Morgan fingerprint density at radius 3 is 2.68 bits per heavy atom. The zero-order chi connectivity index (χ0) is 13.2. The number of carboxylic acid groups (broad SMARTS) is 1. The van der Waals surface area contributed by atoms with E-state index in [1.54, 1.807) is 6.07 Å². The Morgan fingerprint density at radius 1 is 1.26 bits per heavy atom. The molecule has 2 aromatic rings. The molecular formula is C15H16N2O2. The van der Waals surface area contributed by atoms with Gasteiger partial charge in [-0.2, -0.15) is 5.10 Å². The second-order valence-electron chi connectivity index (χ2n) is 5.04. The van der Waals surface area contributed by atoms with Crippen molar-refractivity contribution in [2.24, 2.45) is 0 Å². The van der Waals surface area contributed by atoms with Crippen LogP contribution in [0.2, 0.25) is 0 Å². The van der Waals surface area contributed by atoms with Crippen LogP contribution in [0.4, 0.5) is 0 Å². The summed E-state index contributed by atoms with van der Waals surface area (Å²) < 4.78 is 0. The summed E-state index contributed by atoms with van der Waals surface area (Å²) in [7, 11) is 0. The quantitative estimate of drug-likeness (QED) is 0.884. The summed E-state index contributed by atoms with van der Waals surface area (Å²) in [6, 6.07) is 9.79. The Labute approximate surface area is 111 Å². The number of nitrogens with one attached hydrogen (secondary N) is 1. The number of aromatic amines is 1. The minimum Gasteiger partial charge on any atom is -0.477 e. The lowest BCUT2D eigenvalue weighted by Crippen LogP contribution is -1.96. The molecule has 1 aliphatic rings. The molecule has 0 aliphatic heterocycles. The maximum absolute atomic E-state index is 10.9. The van der Waals surface area contributed by atoms with Crippen molar-refractivity contribution in [2.75, 3.05) is 0 Å². The molecule has 0 unspecified atom stereocenters. The van der Waals surface area contributed by atoms with E-state index in [0.29, 0.717) is 5.92 Å². The van der Waals surface area contributed by atoms with E-state index in [9.17, 15) is 4.79 Å². The lowest BCUT2D eigenvalue weighted by Gasteiger charge is -2.13. The molecule has 19 heavy (non-hydrogen) atoms. The van der Waals surface area contributed by atoms with Gasteiger partial charge >= 0.3 is 5.97 Å². The Balaban J connectivity index is 2.01. The van der Waals surface area contributed by atoms with E-state index in [-0.39, 0.29) is 5.69 Å². The lowest BCUT2D eigenvalue weighted by molar-refractivity contribution is 0.0690. The van der Waals surface area contributed by atoms with E-state index < -0.39 is 5.97 Å². The van der Waals surface area contributed by atoms with Crippen molar-refractivity contribution in [1.82, 2.24) is 10.2 Å². The first-order valence-corrected chi connectivity index (χ1v) is 6.63. The number of aromatic carboxylic acids is 1. The molecule has 1 saturated carbocycles. The highest BCUT2D eigenvalue weighted by Gasteiger charge is 2.21. The van der Waals surface area contributed by atoms with Gasteiger partial charge in [-0.3, -0.25) is 5.10 Å². The topological polar surface area (TPSA) is 66.0 Å². The number of nitrogens with zero attached hydrogens (tertiary/aromatic N) is 1. The maximum Gasteiger partial charge on any atom is 0.353 e. The number of aromatic nitrogens is 2. The summed E-state index contributed by atoms with van der Waals surface area (Å²) in [5.74, 6) is -0.390. The molecule has 0 bridgehead atoms. The smallest absolute Gasteiger partial charge is 0.353 e. The molecule has 4 nitrogen and oxygen atoms in total. The van der Waals surface area contributed by atoms with Gasteiger partial charge in [0.2, 0.25) is 0 Å². The fourth-order valence-corrected chi connectivity index (χ4v) is 2.89. The highest BCUT2D eigenvalue weighted by Crippen LogP contribution is 2.38. The molecule has 1 aromatic carbocycles. The molecular weight excluding hydrogens is 240 g/mol. The van der Waals surface area contributed by atoms with Crippen LogP contribution < -0.4 is 0 Å². The number of hydrogen-bond acceptors (Lipinski definition) is 2. The first-order valence-electron chi connectivity index (χ1n) is 6.63. The highest BCUT2D eigenvalue weighted by molar-refractivity contribution is 5.87. The summed E-state index contributed by atoms with van der Waals surface area (Å²) in [5, 5.41) is 15.7. The number of carboxylic acids is 1. The zero-order valence-electron chi connectivity index (χ0n) is 10.6. The average Bonchev–Trinajstić information content (AvgIpc) is 3.10. The Hall–Kier alpha value is -2.10. The molecule has 1 heterocycles. The monoisotopic (exact) mass is 256 g/mol. The third-order valence-corrected chi connectivity index (χ3v) is 3.84. The lowest BCUT2D eigenvalue weighted by atomic mass is 9.91. The Bertz CT molecular complexity index is 598. The van der Waals surface area contributed by atoms with Crippen molar-refractivity contribution in [3.8, 4) is 11.3 Å². The molecule has 3 rings (SSSR count). The Kier molecular flexibility index (Phi) is 3.07. The van der Waals surface area contributed by atoms with E-state index >= 15 is 0 Å². The summed E-state index contributed by atoms with van der Waals surface area (Å²) in [4.78, 5) is 10.9. The average molecular weight is 256 g/mol. The van der Waals surface area contributed by atoms with Crippen LogP contribution in [-0.4, -0.2) is 21.3 Å². The van der Waals surface area contributed by atoms with Crippen LogP contribution in [-0.2, 0) is 0 Å². The van der Waals surface area contributed by atoms with Gasteiger partial charge in [-0.1, -0.05) is 37.1 Å². The molecule has 0 saturated heterocycles. The largest absolute Gasteiger partial charge is 0.477 e. The molecule has 2 N–H and O–H groups in total. The number of hydrogen-bond donors (Lipinski definition) is 2. The van der Waals surface area contributed by atoms with E-state index in [0.717, 1.165) is 11.3 Å². The van der Waals surface area contributed by atoms with Crippen molar-refractivity contribution in [2.45, 2.75) is 31.6 Å². The normalized spacial score (nSPS) is 15.8. The van der Waals surface area contributed by atoms with Crippen molar-refractivity contribution in [3.63, 3.8) is 0 Å². The Morgan fingerprint density at radius 2 is 2.00 bits per heavy atom. The van der Waals surface area contributed by atoms with Gasteiger partial charge in [0.1, 0.15) is 5.69 Å². The third kappa shape index (κ3) is 2.26. The summed E-state index contributed by atoms with van der Waals surface area (Å²) >= 11 is 0. The molecule has 0 spiro atoms. The van der Waals surface area contributed by atoms with Crippen LogP contribution in [0, 0.1) is 0 Å². The van der Waals surface area contributed by atoms with Gasteiger partial charge in [-0.15, -0.1) is 0 Å². The molecule has 1 aliphatic carbocycles. The van der Waals surface area contributed by atoms with Crippen LogP contribution in [0.5, 0.6) is 0 Å². The van der Waals surface area contributed by atoms with E-state index in [4.69, 9.17) is 5.11 Å². The second kappa shape index (κ2) is 4.88. The standard InChI is InChI=1S/C15H16N2O2/c18-15(19)14-9-13(16-17-14)12-8-4-3-7-11(12)10-5-1-2-6-10/h3-4,7-10H,1-2,5-6H2,(H,16,17)(H,18,19). The fourth-order valence-electron chi connectivity index (χ4n) is 2.89. The number of rotatable bonds is 3. The number of carbonyl (C=O) groups is 1. The third-order valence-electron chi connectivity index (χ3n) is 3.84. The maximum atomic E-state index is 10.9. The van der Waals surface area contributed by atoms with Crippen molar-refractivity contribution < 1.29 is 9.90 Å². The van der Waals surface area contributed by atoms with Crippen LogP contribution in [0.1, 0.15) is 47.7 Å². The molecule has 0 radical (unpaired) electrons. The second-order valence-corrected chi connectivity index (χ2v) is 5.04. The molecule has 1 fully saturated rings. The summed E-state index contributed by atoms with van der Waals surface area (Å²) in [6.45, 7) is 0. The first kappa shape index (κ1) is 12.0. The van der Waals surface area contributed by atoms with E-state index in [1.807, 2.05) is 18.2 Å². The minimum atomic E-state index is -0.975. The van der Waals surface area contributed by atoms with Gasteiger partial charge in [0.15, 0.2) is 0 Å². The first-order chi connectivity index (χ1) is 9.25. The fraction of sp³-hybridized carbons (Fsp3) is 0.333. The van der Waals surface area contributed by atoms with Crippen LogP contribution in [0.3, 0.4) is 0 Å². The molecule has 0 atom stereocenters. The molecule has 98 valence electrons. The van der Waals surface area contributed by atoms with Crippen LogP contribution >= 0.6 is 0 Å². The van der Waals surface area contributed by atoms with Gasteiger partial charge in [0.05, 0.1) is 5.69 Å². The number of benzene rings is 1. The van der Waals surface area contributed by atoms with Crippen molar-refractivity contribution in [1.29, 1.82) is 0 Å².